The van der Waals surface area contributed by atoms with E-state index >= 15 is 0 Å². The van der Waals surface area contributed by atoms with Gasteiger partial charge in [0.2, 0.25) is 0 Å². The minimum atomic E-state index is 0. The normalized spacial score (nSPS) is 12.3. The van der Waals surface area contributed by atoms with Crippen LogP contribution in [0.5, 0.6) is 0 Å². The van der Waals surface area contributed by atoms with Crippen molar-refractivity contribution in [1.29, 1.82) is 0 Å². The summed E-state index contributed by atoms with van der Waals surface area (Å²) in [5.74, 6) is 0. The van der Waals surface area contributed by atoms with Gasteiger partial charge in [0, 0.05) is 35.7 Å². The van der Waals surface area contributed by atoms with Crippen molar-refractivity contribution in [3.05, 3.63) is 0 Å². The van der Waals surface area contributed by atoms with Gasteiger partial charge in [0.25, 0.3) is 0 Å². The highest BCUT2D eigenvalue weighted by atomic mass is 16.7. The zero-order valence-electron chi connectivity index (χ0n) is 22.6. The molecule has 0 saturated heterocycles. The van der Waals surface area contributed by atoms with Gasteiger partial charge in [-0.05, 0) is 53.4 Å². The maximum atomic E-state index is 5.55. The van der Waals surface area contributed by atoms with Gasteiger partial charge >= 0.3 is 0 Å². The Morgan fingerprint density at radius 3 is 1.05 bits per heavy atom. The Labute approximate surface area is 233 Å². The van der Waals surface area contributed by atoms with Crippen LogP contribution >= 0.6 is 0 Å². The molecule has 0 unspecified atom stereocenters. The van der Waals surface area contributed by atoms with Crippen LogP contribution in [0.2, 0.25) is 0 Å². The highest BCUT2D eigenvalue weighted by Crippen LogP contribution is 2.07. The fourth-order valence-electron chi connectivity index (χ4n) is 3.13. The second kappa shape index (κ2) is 34.6. The predicted octanol–water partition coefficient (Wildman–Crippen LogP) is 10.7. The van der Waals surface area contributed by atoms with Crippen LogP contribution in [-0.4, -0.2) is 42.9 Å². The molecule has 0 N–H and O–H groups in total. The molecule has 0 atom stereocenters. The minimum Gasteiger partial charge on any atom is -0.355 e. The quantitative estimate of drug-likeness (QED) is 0.0606. The summed E-state index contributed by atoms with van der Waals surface area (Å²) in [6, 6.07) is 0. The molecule has 0 rings (SSSR count). The molecule has 0 fully saturated rings. The lowest BCUT2D eigenvalue weighted by atomic mass is 10.1. The van der Waals surface area contributed by atoms with Gasteiger partial charge in [-0.2, -0.15) is 20.4 Å². The van der Waals surface area contributed by atoms with Crippen molar-refractivity contribution in [3.63, 3.8) is 0 Å². The summed E-state index contributed by atoms with van der Waals surface area (Å²) in [5, 5.41) is 17.3. The molecule has 0 aliphatic heterocycles. The molecule has 6 nitrogen and oxygen atoms in total. The molecule has 0 heterocycles. The number of nitrogens with zero attached hydrogens (tertiary/aromatic N) is 4. The summed E-state index contributed by atoms with van der Waals surface area (Å²) in [4.78, 5) is 0. The van der Waals surface area contributed by atoms with Crippen LogP contribution in [0.1, 0.15) is 161 Å². The monoisotopic (exact) mass is 529 g/mol. The first-order chi connectivity index (χ1) is 16.0. The fraction of sp³-hybridized carbons (Fsp3) is 0.871. The predicted molar refractivity (Wildman–Crippen MR) is 172 cm³/mol. The van der Waals surface area contributed by atoms with Crippen LogP contribution in [0.25, 0.3) is 0 Å². The van der Waals surface area contributed by atoms with E-state index in [0.29, 0.717) is 20.0 Å². The molecule has 0 aromatic rings. The first-order valence-electron chi connectivity index (χ1n) is 13.3. The highest BCUT2D eigenvalue weighted by Gasteiger charge is 1.98. The minimum absolute atomic E-state index is 0. The fourth-order valence-corrected chi connectivity index (χ4v) is 3.13. The summed E-state index contributed by atoms with van der Waals surface area (Å²) < 4.78 is 11.1. The highest BCUT2D eigenvalue weighted by molar-refractivity contribution is 5.86. The third-order valence-electron chi connectivity index (χ3n) is 5.45. The number of rotatable bonds is 22. The van der Waals surface area contributed by atoms with Crippen molar-refractivity contribution >= 4 is 22.8 Å². The van der Waals surface area contributed by atoms with E-state index in [1.807, 2.05) is 13.8 Å². The van der Waals surface area contributed by atoms with Crippen LogP contribution in [0.4, 0.5) is 0 Å². The van der Waals surface area contributed by atoms with Crippen molar-refractivity contribution in [2.45, 2.75) is 161 Å². The van der Waals surface area contributed by atoms with Crippen LogP contribution < -0.4 is 0 Å². The second-order valence-corrected chi connectivity index (χ2v) is 9.10. The molecule has 6 heteroatoms. The van der Waals surface area contributed by atoms with Gasteiger partial charge in [0.1, 0.15) is 6.79 Å². The summed E-state index contributed by atoms with van der Waals surface area (Å²) in [6.45, 7) is 14.1. The molecular weight excluding hydrogens is 460 g/mol. The average molecular weight is 529 g/mol. The van der Waals surface area contributed by atoms with E-state index < -0.39 is 0 Å². The lowest BCUT2D eigenvalue weighted by Crippen LogP contribution is -2.07. The lowest BCUT2D eigenvalue weighted by molar-refractivity contribution is -0.0491. The lowest BCUT2D eigenvalue weighted by Gasteiger charge is -2.05. The van der Waals surface area contributed by atoms with E-state index in [1.54, 1.807) is 0 Å². The van der Waals surface area contributed by atoms with Crippen molar-refractivity contribution in [1.82, 2.24) is 0 Å². The second-order valence-electron chi connectivity index (χ2n) is 9.10. The molecule has 0 bridgehead atoms. The molecule has 37 heavy (non-hydrogen) atoms. The van der Waals surface area contributed by atoms with Crippen LogP contribution in [0.15, 0.2) is 20.4 Å². The Bertz CT molecular complexity index is 534. The van der Waals surface area contributed by atoms with E-state index in [1.165, 1.54) is 64.2 Å². The van der Waals surface area contributed by atoms with Crippen LogP contribution in [0, 0.1) is 0 Å². The molecule has 0 saturated carbocycles. The zero-order valence-corrected chi connectivity index (χ0v) is 22.6. The summed E-state index contributed by atoms with van der Waals surface area (Å²) in [5.41, 5.74) is 4.20. The SMILES string of the molecule is C.C.C.C.CCCCCCC/C(C)=N/N=C(\C)CCOCOCC/C(C)=N/N=C(\C)CCCCCCC. The maximum absolute atomic E-state index is 5.55. The van der Waals surface area contributed by atoms with Gasteiger partial charge in [-0.25, -0.2) is 0 Å². The van der Waals surface area contributed by atoms with Gasteiger partial charge in [0.15, 0.2) is 0 Å². The number of ether oxygens (including phenoxy) is 2. The van der Waals surface area contributed by atoms with E-state index in [4.69, 9.17) is 9.47 Å². The van der Waals surface area contributed by atoms with E-state index in [2.05, 4.69) is 48.1 Å². The summed E-state index contributed by atoms with van der Waals surface area (Å²) in [7, 11) is 0. The van der Waals surface area contributed by atoms with Gasteiger partial charge in [-0.1, -0.05) is 94.9 Å². The van der Waals surface area contributed by atoms with E-state index in [9.17, 15) is 0 Å². The largest absolute Gasteiger partial charge is 0.355 e. The van der Waals surface area contributed by atoms with Gasteiger partial charge in [-0.3, -0.25) is 0 Å². The number of unbranched alkanes of at least 4 members (excludes halogenated alkanes) is 8. The molecule has 0 aromatic heterocycles. The Morgan fingerprint density at radius 1 is 0.432 bits per heavy atom. The Kier molecular flexibility index (Phi) is 42.6. The first kappa shape index (κ1) is 45.5. The summed E-state index contributed by atoms with van der Waals surface area (Å²) in [6.07, 6.45) is 16.5. The Morgan fingerprint density at radius 2 is 0.730 bits per heavy atom. The zero-order chi connectivity index (χ0) is 24.6. The molecule has 0 aliphatic carbocycles. The average Bonchev–Trinajstić information content (AvgIpc) is 2.80. The summed E-state index contributed by atoms with van der Waals surface area (Å²) >= 11 is 0. The number of hydrogen-bond donors (Lipinski definition) is 0. The molecule has 0 aliphatic rings. The molecule has 224 valence electrons. The standard InChI is InChI=1S/C27H52N4O2.4CH4/c1-7-9-11-13-15-17-24(3)28-30-26(5)19-21-32-23-33-22-20-27(6)31-29-25(4)18-16-14-12-10-8-2;;;;/h7-23H2,1-6H3;4*1H4/b28-24+,29-25+,30-26+,31-27+;;;;. The van der Waals surface area contributed by atoms with Crippen molar-refractivity contribution in [2.24, 2.45) is 20.4 Å². The van der Waals surface area contributed by atoms with Gasteiger partial charge in [0.05, 0.1) is 13.2 Å². The van der Waals surface area contributed by atoms with Crippen molar-refractivity contribution in [3.8, 4) is 0 Å². The van der Waals surface area contributed by atoms with Crippen molar-refractivity contribution < 1.29 is 9.47 Å². The van der Waals surface area contributed by atoms with E-state index in [-0.39, 0.29) is 29.7 Å². The topological polar surface area (TPSA) is 67.9 Å². The third-order valence-corrected chi connectivity index (χ3v) is 5.45. The third kappa shape index (κ3) is 34.6. The van der Waals surface area contributed by atoms with Gasteiger partial charge < -0.3 is 9.47 Å². The maximum Gasteiger partial charge on any atom is 0.146 e. The molecule has 0 aromatic carbocycles. The van der Waals surface area contributed by atoms with Crippen molar-refractivity contribution in [2.75, 3.05) is 20.0 Å². The molecule has 0 radical (unpaired) electrons. The Balaban J connectivity index is -0.000000853. The first-order valence-corrected chi connectivity index (χ1v) is 13.3. The van der Waals surface area contributed by atoms with Gasteiger partial charge in [-0.15, -0.1) is 0 Å². The van der Waals surface area contributed by atoms with E-state index in [0.717, 1.165) is 48.5 Å². The molecular formula is C31H68N4O2. The van der Waals surface area contributed by atoms with Crippen LogP contribution in [-0.2, 0) is 9.47 Å². The number of hydrogen-bond acceptors (Lipinski definition) is 6. The smallest absolute Gasteiger partial charge is 0.146 e. The Hall–Kier alpha value is -1.40. The molecule has 0 spiro atoms. The van der Waals surface area contributed by atoms with Crippen LogP contribution in [0.3, 0.4) is 0 Å². The molecule has 0 amide bonds.